The number of nitrogens with one attached hydrogen (secondary N) is 2. The van der Waals surface area contributed by atoms with Crippen molar-refractivity contribution in [1.82, 2.24) is 15.5 Å². The fourth-order valence-corrected chi connectivity index (χ4v) is 2.29. The molecule has 0 aromatic rings. The second kappa shape index (κ2) is 12.0. The topological polar surface area (TPSA) is 61.4 Å². The highest BCUT2D eigenvalue weighted by molar-refractivity contribution is 5.85. The second-order valence-electron chi connectivity index (χ2n) is 5.10. The molecule has 0 bridgehead atoms. The van der Waals surface area contributed by atoms with Gasteiger partial charge in [0.05, 0.1) is 0 Å². The van der Waals surface area contributed by atoms with Crippen LogP contribution in [0.2, 0.25) is 0 Å². The highest BCUT2D eigenvalue weighted by Gasteiger charge is 2.15. The molecule has 1 heterocycles. The molecule has 6 heteroatoms. The summed E-state index contributed by atoms with van der Waals surface area (Å²) in [6.07, 6.45) is 6.28. The Morgan fingerprint density at radius 1 is 1.20 bits per heavy atom. The predicted molar refractivity (Wildman–Crippen MR) is 83.1 cm³/mol. The zero-order valence-corrected chi connectivity index (χ0v) is 13.3. The summed E-state index contributed by atoms with van der Waals surface area (Å²) in [5.41, 5.74) is 0. The average molecular weight is 306 g/mol. The van der Waals surface area contributed by atoms with E-state index >= 15 is 0 Å². The Morgan fingerprint density at radius 3 is 2.75 bits per heavy atom. The predicted octanol–water partition coefficient (Wildman–Crippen LogP) is 1.32. The van der Waals surface area contributed by atoms with Crippen LogP contribution < -0.4 is 10.6 Å². The van der Waals surface area contributed by atoms with Crippen molar-refractivity contribution in [3.8, 4) is 0 Å². The maximum absolute atomic E-state index is 11.7. The molecule has 1 aliphatic heterocycles. The van der Waals surface area contributed by atoms with Crippen LogP contribution in [0.4, 0.5) is 0 Å². The van der Waals surface area contributed by atoms with E-state index in [9.17, 15) is 9.59 Å². The first-order valence-electron chi connectivity index (χ1n) is 7.43. The molecule has 0 unspecified atom stereocenters. The van der Waals surface area contributed by atoms with Gasteiger partial charge in [0.25, 0.3) is 0 Å². The first-order chi connectivity index (χ1) is 9.24. The van der Waals surface area contributed by atoms with Crippen molar-refractivity contribution in [2.24, 2.45) is 0 Å². The Morgan fingerprint density at radius 2 is 2.00 bits per heavy atom. The molecule has 0 aliphatic carbocycles. The van der Waals surface area contributed by atoms with E-state index in [4.69, 9.17) is 0 Å². The van der Waals surface area contributed by atoms with Gasteiger partial charge in [-0.05, 0) is 39.3 Å². The maximum atomic E-state index is 11.7. The van der Waals surface area contributed by atoms with Gasteiger partial charge in [0, 0.05) is 32.5 Å². The summed E-state index contributed by atoms with van der Waals surface area (Å²) in [5, 5.41) is 5.93. The van der Waals surface area contributed by atoms with Gasteiger partial charge in [-0.2, -0.15) is 0 Å². The van der Waals surface area contributed by atoms with Crippen LogP contribution in [0.15, 0.2) is 0 Å². The number of hydrogen-bond acceptors (Lipinski definition) is 3. The van der Waals surface area contributed by atoms with E-state index in [0.717, 1.165) is 51.7 Å². The van der Waals surface area contributed by atoms with Crippen LogP contribution >= 0.6 is 12.4 Å². The molecule has 0 radical (unpaired) electrons. The van der Waals surface area contributed by atoms with Crippen LogP contribution in [0.3, 0.4) is 0 Å². The van der Waals surface area contributed by atoms with Crippen molar-refractivity contribution in [3.05, 3.63) is 0 Å². The van der Waals surface area contributed by atoms with Crippen molar-refractivity contribution in [2.45, 2.75) is 44.9 Å². The summed E-state index contributed by atoms with van der Waals surface area (Å²) in [4.78, 5) is 25.2. The number of carbonyl (C=O) groups excluding carboxylic acids is 2. The molecule has 0 saturated carbocycles. The molecule has 1 saturated heterocycles. The highest BCUT2D eigenvalue weighted by atomic mass is 35.5. The van der Waals surface area contributed by atoms with E-state index in [1.807, 2.05) is 11.9 Å². The molecule has 2 amide bonds. The molecule has 0 atom stereocenters. The number of nitrogens with zero attached hydrogens (tertiary/aromatic N) is 1. The molecule has 0 aromatic heterocycles. The number of amides is 2. The van der Waals surface area contributed by atoms with Gasteiger partial charge in [0.2, 0.25) is 11.8 Å². The van der Waals surface area contributed by atoms with Gasteiger partial charge in [-0.25, -0.2) is 0 Å². The normalized spacial score (nSPS) is 15.4. The summed E-state index contributed by atoms with van der Waals surface area (Å²) >= 11 is 0. The van der Waals surface area contributed by atoms with Gasteiger partial charge >= 0.3 is 0 Å². The molecule has 0 spiro atoms. The molecule has 0 aromatic carbocycles. The van der Waals surface area contributed by atoms with Crippen molar-refractivity contribution < 1.29 is 9.59 Å². The van der Waals surface area contributed by atoms with Gasteiger partial charge in [-0.15, -0.1) is 12.4 Å². The summed E-state index contributed by atoms with van der Waals surface area (Å²) < 4.78 is 0. The lowest BCUT2D eigenvalue weighted by atomic mass is 10.2. The van der Waals surface area contributed by atoms with E-state index in [1.54, 1.807) is 0 Å². The van der Waals surface area contributed by atoms with E-state index < -0.39 is 0 Å². The Bertz CT molecular complexity index is 288. The lowest BCUT2D eigenvalue weighted by Crippen LogP contribution is -2.34. The van der Waals surface area contributed by atoms with Gasteiger partial charge < -0.3 is 15.5 Å². The zero-order chi connectivity index (χ0) is 13.9. The van der Waals surface area contributed by atoms with Gasteiger partial charge in [0.15, 0.2) is 0 Å². The zero-order valence-electron chi connectivity index (χ0n) is 12.5. The molecular weight excluding hydrogens is 278 g/mol. The number of hydrogen-bond donors (Lipinski definition) is 2. The van der Waals surface area contributed by atoms with Crippen molar-refractivity contribution >= 4 is 24.2 Å². The minimum atomic E-state index is 0. The number of halogens is 1. The molecule has 2 N–H and O–H groups in total. The van der Waals surface area contributed by atoms with Gasteiger partial charge in [-0.1, -0.05) is 6.42 Å². The second-order valence-corrected chi connectivity index (χ2v) is 5.10. The highest BCUT2D eigenvalue weighted by Crippen LogP contribution is 2.11. The first-order valence-corrected chi connectivity index (χ1v) is 7.43. The molecule has 118 valence electrons. The first kappa shape index (κ1) is 19.2. The van der Waals surface area contributed by atoms with Crippen LogP contribution in [-0.4, -0.2) is 49.9 Å². The summed E-state index contributed by atoms with van der Waals surface area (Å²) in [6.45, 7) is 3.20. The number of carbonyl (C=O) groups is 2. The quantitative estimate of drug-likeness (QED) is 0.665. The van der Waals surface area contributed by atoms with Crippen molar-refractivity contribution in [1.29, 1.82) is 0 Å². The van der Waals surface area contributed by atoms with Crippen LogP contribution in [-0.2, 0) is 9.59 Å². The molecule has 1 rings (SSSR count). The SMILES string of the molecule is CNCCCC(=O)NCCCN1CCCCCC1=O.Cl. The lowest BCUT2D eigenvalue weighted by molar-refractivity contribution is -0.130. The van der Waals surface area contributed by atoms with Crippen LogP contribution in [0.25, 0.3) is 0 Å². The third kappa shape index (κ3) is 8.38. The Hall–Kier alpha value is -0.810. The Kier molecular flexibility index (Phi) is 11.5. The van der Waals surface area contributed by atoms with E-state index in [2.05, 4.69) is 10.6 Å². The fourth-order valence-electron chi connectivity index (χ4n) is 2.29. The van der Waals surface area contributed by atoms with Gasteiger partial charge in [0.1, 0.15) is 0 Å². The average Bonchev–Trinajstić information content (AvgIpc) is 2.60. The largest absolute Gasteiger partial charge is 0.356 e. The standard InChI is InChI=1S/C14H27N3O2.ClH/c1-15-9-5-7-13(18)16-10-6-12-17-11-4-2-3-8-14(17)19;/h15H,2-12H2,1H3,(H,16,18);1H. The molecule has 1 fully saturated rings. The summed E-state index contributed by atoms with van der Waals surface area (Å²) in [6, 6.07) is 0. The van der Waals surface area contributed by atoms with Crippen LogP contribution in [0.1, 0.15) is 44.9 Å². The minimum Gasteiger partial charge on any atom is -0.356 e. The fraction of sp³-hybridized carbons (Fsp3) is 0.857. The Labute approximate surface area is 128 Å². The monoisotopic (exact) mass is 305 g/mol. The van der Waals surface area contributed by atoms with Gasteiger partial charge in [-0.3, -0.25) is 9.59 Å². The molecule has 20 heavy (non-hydrogen) atoms. The molecule has 5 nitrogen and oxygen atoms in total. The third-order valence-electron chi connectivity index (χ3n) is 3.43. The van der Waals surface area contributed by atoms with E-state index in [1.165, 1.54) is 0 Å². The lowest BCUT2D eigenvalue weighted by Gasteiger charge is -2.20. The molecule has 1 aliphatic rings. The summed E-state index contributed by atoms with van der Waals surface area (Å²) in [5.74, 6) is 0.385. The minimum absolute atomic E-state index is 0. The molecular formula is C14H28ClN3O2. The smallest absolute Gasteiger partial charge is 0.222 e. The third-order valence-corrected chi connectivity index (χ3v) is 3.43. The number of likely N-dealkylation sites (tertiary alicyclic amines) is 1. The van der Waals surface area contributed by atoms with E-state index in [0.29, 0.717) is 19.4 Å². The van der Waals surface area contributed by atoms with E-state index in [-0.39, 0.29) is 24.2 Å². The Balaban J connectivity index is 0.00000361. The maximum Gasteiger partial charge on any atom is 0.222 e. The van der Waals surface area contributed by atoms with Crippen molar-refractivity contribution in [3.63, 3.8) is 0 Å². The van der Waals surface area contributed by atoms with Crippen LogP contribution in [0.5, 0.6) is 0 Å². The van der Waals surface area contributed by atoms with Crippen LogP contribution in [0, 0.1) is 0 Å². The van der Waals surface area contributed by atoms with Crippen molar-refractivity contribution in [2.75, 3.05) is 33.2 Å². The number of rotatable bonds is 8. The summed E-state index contributed by atoms with van der Waals surface area (Å²) in [7, 11) is 1.89.